The van der Waals surface area contributed by atoms with Crippen LogP contribution in [0, 0.1) is 0 Å². The number of ether oxygens (including phenoxy) is 1. The number of hydrogen-bond acceptors (Lipinski definition) is 2. The summed E-state index contributed by atoms with van der Waals surface area (Å²) in [5, 5.41) is 0.0213. The SMILES string of the molecule is NCCCCCCOc1cc(Cl)cc(C(F)(F)F)c1. The van der Waals surface area contributed by atoms with Gasteiger partial charge < -0.3 is 10.5 Å². The van der Waals surface area contributed by atoms with Gasteiger partial charge in [-0.05, 0) is 37.6 Å². The average Bonchev–Trinajstić information content (AvgIpc) is 2.32. The van der Waals surface area contributed by atoms with E-state index in [4.69, 9.17) is 22.1 Å². The van der Waals surface area contributed by atoms with E-state index in [2.05, 4.69) is 0 Å². The summed E-state index contributed by atoms with van der Waals surface area (Å²) in [6, 6.07) is 3.23. The highest BCUT2D eigenvalue weighted by atomic mass is 35.5. The topological polar surface area (TPSA) is 35.2 Å². The van der Waals surface area contributed by atoms with Crippen LogP contribution in [0.25, 0.3) is 0 Å². The van der Waals surface area contributed by atoms with Gasteiger partial charge in [-0.15, -0.1) is 0 Å². The summed E-state index contributed by atoms with van der Waals surface area (Å²) in [6.07, 6.45) is -0.722. The number of unbranched alkanes of at least 4 members (excludes halogenated alkanes) is 3. The molecule has 0 radical (unpaired) electrons. The third kappa shape index (κ3) is 6.16. The minimum absolute atomic E-state index is 0.0213. The van der Waals surface area contributed by atoms with Crippen LogP contribution in [-0.2, 0) is 6.18 Å². The molecule has 0 amide bonds. The Labute approximate surface area is 115 Å². The smallest absolute Gasteiger partial charge is 0.416 e. The maximum atomic E-state index is 12.5. The molecule has 0 bridgehead atoms. The molecule has 0 aliphatic rings. The van der Waals surface area contributed by atoms with Gasteiger partial charge in [0.2, 0.25) is 0 Å². The Kier molecular flexibility index (Phi) is 6.45. The third-order valence-electron chi connectivity index (χ3n) is 2.57. The van der Waals surface area contributed by atoms with Crippen molar-refractivity contribution in [3.8, 4) is 5.75 Å². The highest BCUT2D eigenvalue weighted by Gasteiger charge is 2.31. The molecule has 0 saturated carbocycles. The second-order valence-corrected chi connectivity index (χ2v) is 4.66. The first-order valence-corrected chi connectivity index (χ1v) is 6.52. The van der Waals surface area contributed by atoms with Crippen molar-refractivity contribution >= 4 is 11.6 Å². The second-order valence-electron chi connectivity index (χ2n) is 4.22. The number of benzene rings is 1. The van der Waals surface area contributed by atoms with Crippen molar-refractivity contribution in [1.82, 2.24) is 0 Å². The highest BCUT2D eigenvalue weighted by molar-refractivity contribution is 6.30. The van der Waals surface area contributed by atoms with Gasteiger partial charge in [-0.3, -0.25) is 0 Å². The molecule has 0 spiro atoms. The zero-order chi connectivity index (χ0) is 14.3. The van der Waals surface area contributed by atoms with Crippen LogP contribution in [0.2, 0.25) is 5.02 Å². The van der Waals surface area contributed by atoms with E-state index < -0.39 is 11.7 Å². The van der Waals surface area contributed by atoms with E-state index in [0.29, 0.717) is 13.2 Å². The van der Waals surface area contributed by atoms with Crippen LogP contribution < -0.4 is 10.5 Å². The second kappa shape index (κ2) is 7.60. The fourth-order valence-corrected chi connectivity index (χ4v) is 1.82. The molecule has 1 rings (SSSR count). The Morgan fingerprint density at radius 1 is 1.05 bits per heavy atom. The minimum atomic E-state index is -4.41. The van der Waals surface area contributed by atoms with Gasteiger partial charge in [-0.2, -0.15) is 13.2 Å². The lowest BCUT2D eigenvalue weighted by Crippen LogP contribution is -2.06. The van der Waals surface area contributed by atoms with Crippen LogP contribution in [0.5, 0.6) is 5.75 Å². The van der Waals surface area contributed by atoms with Crippen molar-refractivity contribution in [1.29, 1.82) is 0 Å². The molecule has 19 heavy (non-hydrogen) atoms. The summed E-state index contributed by atoms with van der Waals surface area (Å²) in [5.41, 5.74) is 4.56. The normalized spacial score (nSPS) is 11.6. The van der Waals surface area contributed by atoms with Crippen LogP contribution >= 0.6 is 11.6 Å². The molecule has 2 N–H and O–H groups in total. The summed E-state index contributed by atoms with van der Waals surface area (Å²) in [4.78, 5) is 0. The van der Waals surface area contributed by atoms with E-state index in [9.17, 15) is 13.2 Å². The number of halogens is 4. The lowest BCUT2D eigenvalue weighted by molar-refractivity contribution is -0.137. The Morgan fingerprint density at radius 3 is 2.37 bits per heavy atom. The van der Waals surface area contributed by atoms with Crippen LogP contribution in [0.1, 0.15) is 31.2 Å². The van der Waals surface area contributed by atoms with Crippen molar-refractivity contribution in [2.75, 3.05) is 13.2 Å². The predicted octanol–water partition coefficient (Wildman–Crippen LogP) is 4.26. The van der Waals surface area contributed by atoms with E-state index in [0.717, 1.165) is 37.8 Å². The number of rotatable bonds is 7. The van der Waals surface area contributed by atoms with Crippen molar-refractivity contribution in [2.45, 2.75) is 31.9 Å². The first-order valence-electron chi connectivity index (χ1n) is 6.14. The van der Waals surface area contributed by atoms with Crippen molar-refractivity contribution in [3.63, 3.8) is 0 Å². The average molecular weight is 296 g/mol. The van der Waals surface area contributed by atoms with Gasteiger partial charge in [0, 0.05) is 5.02 Å². The van der Waals surface area contributed by atoms with Gasteiger partial charge in [0.15, 0.2) is 0 Å². The summed E-state index contributed by atoms with van der Waals surface area (Å²) >= 11 is 5.64. The quantitative estimate of drug-likeness (QED) is 0.763. The summed E-state index contributed by atoms with van der Waals surface area (Å²) in [5.74, 6) is 0.152. The van der Waals surface area contributed by atoms with Crippen LogP contribution in [0.3, 0.4) is 0 Å². The van der Waals surface area contributed by atoms with E-state index in [-0.39, 0.29) is 10.8 Å². The van der Waals surface area contributed by atoms with Crippen molar-refractivity contribution in [3.05, 3.63) is 28.8 Å². The standard InChI is InChI=1S/C13H17ClF3NO/c14-11-7-10(13(15,16)17)8-12(9-11)19-6-4-2-1-3-5-18/h7-9H,1-6,18H2. The zero-order valence-electron chi connectivity index (χ0n) is 10.5. The van der Waals surface area contributed by atoms with Crippen LogP contribution in [0.4, 0.5) is 13.2 Å². The minimum Gasteiger partial charge on any atom is -0.494 e. The number of hydrogen-bond donors (Lipinski definition) is 1. The van der Waals surface area contributed by atoms with Gasteiger partial charge in [0.05, 0.1) is 12.2 Å². The van der Waals surface area contributed by atoms with Gasteiger partial charge in [0.25, 0.3) is 0 Å². The lowest BCUT2D eigenvalue weighted by Gasteiger charge is -2.11. The molecule has 108 valence electrons. The fraction of sp³-hybridized carbons (Fsp3) is 0.538. The number of nitrogens with two attached hydrogens (primary N) is 1. The zero-order valence-corrected chi connectivity index (χ0v) is 11.2. The molecular weight excluding hydrogens is 279 g/mol. The molecule has 1 aromatic carbocycles. The fourth-order valence-electron chi connectivity index (χ4n) is 1.60. The first kappa shape index (κ1) is 16.1. The molecule has 1 aromatic rings. The van der Waals surface area contributed by atoms with E-state index >= 15 is 0 Å². The molecule has 0 aliphatic carbocycles. The van der Waals surface area contributed by atoms with Gasteiger partial charge in [0.1, 0.15) is 5.75 Å². The molecule has 0 heterocycles. The van der Waals surface area contributed by atoms with Crippen LogP contribution in [0.15, 0.2) is 18.2 Å². The molecule has 0 atom stereocenters. The molecule has 0 aliphatic heterocycles. The van der Waals surface area contributed by atoms with E-state index in [1.165, 1.54) is 6.07 Å². The summed E-state index contributed by atoms with van der Waals surface area (Å²) in [7, 11) is 0. The van der Waals surface area contributed by atoms with Gasteiger partial charge in [-0.1, -0.05) is 24.4 Å². The molecule has 0 saturated heterocycles. The van der Waals surface area contributed by atoms with Crippen molar-refractivity contribution in [2.24, 2.45) is 5.73 Å². The van der Waals surface area contributed by atoms with E-state index in [1.807, 2.05) is 0 Å². The Bertz CT molecular complexity index is 396. The van der Waals surface area contributed by atoms with E-state index in [1.54, 1.807) is 0 Å². The Morgan fingerprint density at radius 2 is 1.74 bits per heavy atom. The van der Waals surface area contributed by atoms with Crippen LogP contribution in [-0.4, -0.2) is 13.2 Å². The third-order valence-corrected chi connectivity index (χ3v) is 2.78. The lowest BCUT2D eigenvalue weighted by atomic mass is 10.2. The summed E-state index contributed by atoms with van der Waals surface area (Å²) in [6.45, 7) is 1.03. The first-order chi connectivity index (χ1) is 8.93. The molecule has 0 unspecified atom stereocenters. The summed E-state index contributed by atoms with van der Waals surface area (Å²) < 4.78 is 42.9. The highest BCUT2D eigenvalue weighted by Crippen LogP contribution is 2.34. The Balaban J connectivity index is 2.48. The monoisotopic (exact) mass is 295 g/mol. The van der Waals surface area contributed by atoms with Crippen molar-refractivity contribution < 1.29 is 17.9 Å². The molecular formula is C13H17ClF3NO. The number of alkyl halides is 3. The van der Waals surface area contributed by atoms with Gasteiger partial charge in [-0.25, -0.2) is 0 Å². The largest absolute Gasteiger partial charge is 0.494 e. The maximum Gasteiger partial charge on any atom is 0.416 e. The maximum absolute atomic E-state index is 12.5. The molecule has 0 aromatic heterocycles. The molecule has 6 heteroatoms. The molecule has 2 nitrogen and oxygen atoms in total. The van der Waals surface area contributed by atoms with Gasteiger partial charge >= 0.3 is 6.18 Å². The predicted molar refractivity (Wildman–Crippen MR) is 69.5 cm³/mol. The Hall–Kier alpha value is -0.940. The molecule has 0 fully saturated rings.